The summed E-state index contributed by atoms with van der Waals surface area (Å²) in [6, 6.07) is 13.1. The average molecular weight is 324 g/mol. The van der Waals surface area contributed by atoms with Crippen LogP contribution in [-0.4, -0.2) is 14.6 Å². The lowest BCUT2D eigenvalue weighted by Crippen LogP contribution is -1.97. The third kappa shape index (κ3) is 2.15. The normalized spacial score (nSPS) is 10.8. The number of anilines is 2. The number of aromatic nitrogens is 3. The molecule has 4 aromatic rings. The van der Waals surface area contributed by atoms with Crippen molar-refractivity contribution in [3.63, 3.8) is 0 Å². The van der Waals surface area contributed by atoms with Gasteiger partial charge in [-0.2, -0.15) is 5.26 Å². The number of fused-ring (bicyclic) bond motifs is 1. The van der Waals surface area contributed by atoms with Gasteiger partial charge in [0.1, 0.15) is 11.6 Å². The van der Waals surface area contributed by atoms with E-state index in [2.05, 4.69) is 21.5 Å². The van der Waals surface area contributed by atoms with Crippen LogP contribution in [-0.2, 0) is 0 Å². The molecule has 0 fully saturated rings. The van der Waals surface area contributed by atoms with Gasteiger partial charge in [-0.3, -0.25) is 5.10 Å². The van der Waals surface area contributed by atoms with Crippen molar-refractivity contribution in [3.8, 4) is 17.5 Å². The Kier molecular flexibility index (Phi) is 3.07. The molecule has 3 aromatic heterocycles. The van der Waals surface area contributed by atoms with E-state index in [4.69, 9.17) is 16.0 Å². The standard InChI is InChI=1S/C16H10ClN5O/c17-11-4-1-2-5-12(11)20-16-14(13-6-3-7-23-13)21-15-10(8-18)9-19-22(15)16/h1-7,9,19-20H. The lowest BCUT2D eigenvalue weighted by Gasteiger charge is -2.08. The SMILES string of the molecule is N#Cc1c[nH]n2c(Nc3ccccc3Cl)c(-c3ccco3)nc12. The zero-order valence-corrected chi connectivity index (χ0v) is 12.5. The van der Waals surface area contributed by atoms with Gasteiger partial charge >= 0.3 is 0 Å². The zero-order valence-electron chi connectivity index (χ0n) is 11.7. The fourth-order valence-electron chi connectivity index (χ4n) is 2.39. The molecule has 0 bridgehead atoms. The highest BCUT2D eigenvalue weighted by molar-refractivity contribution is 6.33. The van der Waals surface area contributed by atoms with Crippen molar-refractivity contribution in [3.05, 3.63) is 59.4 Å². The van der Waals surface area contributed by atoms with Crippen molar-refractivity contribution in [2.75, 3.05) is 5.32 Å². The molecule has 1 aromatic carbocycles. The molecule has 4 rings (SSSR count). The van der Waals surface area contributed by atoms with Gasteiger partial charge in [0.25, 0.3) is 0 Å². The Hall–Kier alpha value is -3.17. The predicted molar refractivity (Wildman–Crippen MR) is 86.7 cm³/mol. The van der Waals surface area contributed by atoms with Crippen LogP contribution in [0, 0.1) is 11.3 Å². The number of hydrogen-bond donors (Lipinski definition) is 2. The van der Waals surface area contributed by atoms with Crippen LogP contribution in [0.15, 0.2) is 53.3 Å². The van der Waals surface area contributed by atoms with E-state index in [0.717, 1.165) is 5.69 Å². The molecule has 0 amide bonds. The maximum Gasteiger partial charge on any atom is 0.173 e. The summed E-state index contributed by atoms with van der Waals surface area (Å²) >= 11 is 6.22. The summed E-state index contributed by atoms with van der Waals surface area (Å²) in [6.07, 6.45) is 3.18. The molecule has 112 valence electrons. The number of benzene rings is 1. The van der Waals surface area contributed by atoms with Crippen LogP contribution in [0.3, 0.4) is 0 Å². The Balaban J connectivity index is 1.93. The van der Waals surface area contributed by atoms with Gasteiger partial charge in [-0.25, -0.2) is 9.50 Å². The number of rotatable bonds is 3. The Bertz CT molecular complexity index is 1020. The third-order valence-electron chi connectivity index (χ3n) is 3.46. The molecule has 2 N–H and O–H groups in total. The first-order chi connectivity index (χ1) is 11.3. The van der Waals surface area contributed by atoms with E-state index in [9.17, 15) is 5.26 Å². The molecule has 6 nitrogen and oxygen atoms in total. The van der Waals surface area contributed by atoms with Crippen molar-refractivity contribution >= 4 is 28.8 Å². The lowest BCUT2D eigenvalue weighted by atomic mass is 10.3. The van der Waals surface area contributed by atoms with Gasteiger partial charge in [-0.05, 0) is 24.3 Å². The first-order valence-electron chi connectivity index (χ1n) is 6.83. The Morgan fingerprint density at radius 1 is 1.26 bits per heavy atom. The van der Waals surface area contributed by atoms with Gasteiger partial charge in [0.15, 0.2) is 22.9 Å². The zero-order chi connectivity index (χ0) is 15.8. The predicted octanol–water partition coefficient (Wildman–Crippen LogP) is 4.19. The lowest BCUT2D eigenvalue weighted by molar-refractivity contribution is 0.580. The second kappa shape index (κ2) is 5.23. The number of halogens is 1. The second-order valence-electron chi connectivity index (χ2n) is 4.85. The molecule has 0 unspecified atom stereocenters. The van der Waals surface area contributed by atoms with Crippen LogP contribution in [0.1, 0.15) is 5.56 Å². The number of furan rings is 1. The van der Waals surface area contributed by atoms with Gasteiger partial charge in [-0.1, -0.05) is 23.7 Å². The molecule has 7 heteroatoms. The minimum Gasteiger partial charge on any atom is -0.463 e. The summed E-state index contributed by atoms with van der Waals surface area (Å²) in [5.74, 6) is 1.24. The van der Waals surface area contributed by atoms with Gasteiger partial charge < -0.3 is 9.73 Å². The van der Waals surface area contributed by atoms with Gasteiger partial charge in [0.05, 0.1) is 17.0 Å². The van der Waals surface area contributed by atoms with Crippen molar-refractivity contribution in [2.45, 2.75) is 0 Å². The largest absolute Gasteiger partial charge is 0.463 e. The smallest absolute Gasteiger partial charge is 0.173 e. The number of imidazole rings is 1. The van der Waals surface area contributed by atoms with E-state index in [0.29, 0.717) is 33.5 Å². The second-order valence-corrected chi connectivity index (χ2v) is 5.26. The number of H-pyrrole nitrogens is 1. The monoisotopic (exact) mass is 323 g/mol. The Morgan fingerprint density at radius 3 is 2.87 bits per heavy atom. The summed E-state index contributed by atoms with van der Waals surface area (Å²) in [4.78, 5) is 4.52. The molecular formula is C16H10ClN5O. The van der Waals surface area contributed by atoms with Crippen LogP contribution >= 0.6 is 11.6 Å². The van der Waals surface area contributed by atoms with Gasteiger partial charge in [0.2, 0.25) is 0 Å². The Labute approximate surface area is 135 Å². The topological polar surface area (TPSA) is 82.0 Å². The maximum absolute atomic E-state index is 9.20. The number of nitrogens with zero attached hydrogens (tertiary/aromatic N) is 3. The molecule has 0 saturated heterocycles. The highest BCUT2D eigenvalue weighted by Gasteiger charge is 2.20. The van der Waals surface area contributed by atoms with Crippen molar-refractivity contribution in [1.82, 2.24) is 14.6 Å². The summed E-state index contributed by atoms with van der Waals surface area (Å²) in [5, 5.41) is 16.1. The minimum atomic E-state index is 0.449. The quantitative estimate of drug-likeness (QED) is 0.592. The molecule has 0 saturated carbocycles. The highest BCUT2D eigenvalue weighted by atomic mass is 35.5. The molecular weight excluding hydrogens is 314 g/mol. The first kappa shape index (κ1) is 13.5. The molecule has 0 aliphatic rings. The summed E-state index contributed by atoms with van der Waals surface area (Å²) < 4.78 is 7.15. The van der Waals surface area contributed by atoms with Crippen LogP contribution in [0.2, 0.25) is 5.02 Å². The van der Waals surface area contributed by atoms with E-state index in [-0.39, 0.29) is 0 Å². The van der Waals surface area contributed by atoms with Crippen molar-refractivity contribution < 1.29 is 4.42 Å². The Morgan fingerprint density at radius 2 is 2.13 bits per heavy atom. The van der Waals surface area contributed by atoms with Gasteiger partial charge in [0, 0.05) is 6.20 Å². The molecule has 23 heavy (non-hydrogen) atoms. The minimum absolute atomic E-state index is 0.449. The first-order valence-corrected chi connectivity index (χ1v) is 7.21. The highest BCUT2D eigenvalue weighted by Crippen LogP contribution is 2.33. The summed E-state index contributed by atoms with van der Waals surface area (Å²) in [5.41, 5.74) is 2.30. The average Bonchev–Trinajstić information content (AvgIpc) is 3.26. The van der Waals surface area contributed by atoms with Crippen LogP contribution in [0.4, 0.5) is 11.5 Å². The van der Waals surface area contributed by atoms with E-state index < -0.39 is 0 Å². The molecule has 0 atom stereocenters. The molecule has 0 aliphatic carbocycles. The van der Waals surface area contributed by atoms with Gasteiger partial charge in [-0.15, -0.1) is 0 Å². The third-order valence-corrected chi connectivity index (χ3v) is 3.79. The molecule has 3 heterocycles. The molecule has 0 spiro atoms. The number of nitriles is 1. The molecule has 0 aliphatic heterocycles. The summed E-state index contributed by atoms with van der Waals surface area (Å²) in [6.45, 7) is 0. The number of para-hydroxylation sites is 1. The molecule has 0 radical (unpaired) electrons. The van der Waals surface area contributed by atoms with Crippen LogP contribution in [0.5, 0.6) is 0 Å². The van der Waals surface area contributed by atoms with E-state index in [1.54, 1.807) is 29.1 Å². The number of aromatic amines is 1. The maximum atomic E-state index is 9.20. The van der Waals surface area contributed by atoms with Crippen LogP contribution in [0.25, 0.3) is 17.1 Å². The van der Waals surface area contributed by atoms with Crippen molar-refractivity contribution in [2.24, 2.45) is 0 Å². The van der Waals surface area contributed by atoms with Crippen LogP contribution < -0.4 is 5.32 Å². The van der Waals surface area contributed by atoms with Crippen molar-refractivity contribution in [1.29, 1.82) is 5.26 Å². The fraction of sp³-hybridized carbons (Fsp3) is 0. The summed E-state index contributed by atoms with van der Waals surface area (Å²) in [7, 11) is 0. The number of nitrogens with one attached hydrogen (secondary N) is 2. The van der Waals surface area contributed by atoms with E-state index >= 15 is 0 Å². The van der Waals surface area contributed by atoms with E-state index in [1.807, 2.05) is 24.3 Å². The fourth-order valence-corrected chi connectivity index (χ4v) is 2.58. The van der Waals surface area contributed by atoms with E-state index in [1.165, 1.54) is 0 Å². The number of hydrogen-bond acceptors (Lipinski definition) is 4.